The molecule has 136 valence electrons. The molecule has 2 aromatic heterocycles. The molecule has 26 heavy (non-hydrogen) atoms. The first kappa shape index (κ1) is 18.1. The Balaban J connectivity index is 1.76. The summed E-state index contributed by atoms with van der Waals surface area (Å²) >= 11 is 1.64. The molecule has 6 heteroatoms. The molecule has 0 aliphatic rings. The molecule has 0 radical (unpaired) electrons. The lowest BCUT2D eigenvalue weighted by molar-refractivity contribution is -0.131. The summed E-state index contributed by atoms with van der Waals surface area (Å²) in [5.41, 5.74) is 0.878. The van der Waals surface area contributed by atoms with Gasteiger partial charge in [-0.2, -0.15) is 0 Å². The van der Waals surface area contributed by atoms with Gasteiger partial charge in [-0.3, -0.25) is 4.79 Å². The monoisotopic (exact) mass is 371 g/mol. The summed E-state index contributed by atoms with van der Waals surface area (Å²) in [7, 11) is 3.18. The second-order valence-electron chi connectivity index (χ2n) is 5.77. The van der Waals surface area contributed by atoms with Gasteiger partial charge >= 0.3 is 0 Å². The van der Waals surface area contributed by atoms with Crippen LogP contribution in [0.4, 0.5) is 0 Å². The van der Waals surface area contributed by atoms with E-state index in [-0.39, 0.29) is 12.3 Å². The van der Waals surface area contributed by atoms with E-state index in [9.17, 15) is 4.79 Å². The summed E-state index contributed by atoms with van der Waals surface area (Å²) in [5.74, 6) is 2.06. The van der Waals surface area contributed by atoms with Crippen LogP contribution in [0.3, 0.4) is 0 Å². The maximum Gasteiger partial charge on any atom is 0.227 e. The van der Waals surface area contributed by atoms with Gasteiger partial charge in [0.05, 0.1) is 40.0 Å². The first-order valence-corrected chi connectivity index (χ1v) is 9.11. The Bertz CT molecular complexity index is 791. The van der Waals surface area contributed by atoms with Crippen molar-refractivity contribution in [3.8, 4) is 11.5 Å². The summed E-state index contributed by atoms with van der Waals surface area (Å²) in [6.07, 6.45) is 1.91. The number of thiophene rings is 1. The van der Waals surface area contributed by atoms with Gasteiger partial charge in [-0.25, -0.2) is 0 Å². The Morgan fingerprint density at radius 3 is 2.58 bits per heavy atom. The second kappa shape index (κ2) is 8.58. The fourth-order valence-corrected chi connectivity index (χ4v) is 3.41. The van der Waals surface area contributed by atoms with Crippen LogP contribution in [0.25, 0.3) is 0 Å². The molecule has 0 spiro atoms. The molecule has 0 saturated carbocycles. The number of hydrogen-bond donors (Lipinski definition) is 0. The quantitative estimate of drug-likeness (QED) is 0.597. The van der Waals surface area contributed by atoms with Crippen LogP contribution in [0.1, 0.15) is 16.2 Å². The van der Waals surface area contributed by atoms with Crippen LogP contribution in [0.5, 0.6) is 11.5 Å². The van der Waals surface area contributed by atoms with Crippen molar-refractivity contribution in [3.05, 3.63) is 70.3 Å². The van der Waals surface area contributed by atoms with E-state index in [0.717, 1.165) is 16.2 Å². The van der Waals surface area contributed by atoms with E-state index in [1.807, 2.05) is 47.8 Å². The number of carbonyl (C=O) groups is 1. The van der Waals surface area contributed by atoms with Gasteiger partial charge in [0.1, 0.15) is 5.76 Å². The third kappa shape index (κ3) is 4.46. The molecular weight excluding hydrogens is 350 g/mol. The third-order valence-electron chi connectivity index (χ3n) is 4.01. The lowest BCUT2D eigenvalue weighted by Gasteiger charge is -2.21. The van der Waals surface area contributed by atoms with E-state index < -0.39 is 0 Å². The number of methoxy groups -OCH3 is 2. The molecule has 1 amide bonds. The highest BCUT2D eigenvalue weighted by atomic mass is 32.1. The van der Waals surface area contributed by atoms with E-state index in [2.05, 4.69) is 0 Å². The number of amides is 1. The van der Waals surface area contributed by atoms with Crippen LogP contribution in [-0.4, -0.2) is 25.0 Å². The predicted octanol–water partition coefficient (Wildman–Crippen LogP) is 4.13. The van der Waals surface area contributed by atoms with Gasteiger partial charge < -0.3 is 18.8 Å². The van der Waals surface area contributed by atoms with Gasteiger partial charge in [-0.05, 0) is 41.3 Å². The highest BCUT2D eigenvalue weighted by Crippen LogP contribution is 2.28. The van der Waals surface area contributed by atoms with E-state index in [1.54, 1.807) is 36.7 Å². The smallest absolute Gasteiger partial charge is 0.227 e. The average Bonchev–Trinajstić information content (AvgIpc) is 3.35. The standard InChI is InChI=1S/C20H21NO4S/c1-23-18-8-7-15(11-19(18)24-2)12-20(22)21(13-16-5-3-9-25-16)14-17-6-4-10-26-17/h3-11H,12-14H2,1-2H3. The zero-order chi connectivity index (χ0) is 18.4. The summed E-state index contributed by atoms with van der Waals surface area (Å²) in [5, 5.41) is 2.01. The summed E-state index contributed by atoms with van der Waals surface area (Å²) in [6.45, 7) is 1.00. The van der Waals surface area contributed by atoms with Gasteiger partial charge in [0.15, 0.2) is 11.5 Å². The van der Waals surface area contributed by atoms with Crippen molar-refractivity contribution >= 4 is 17.2 Å². The highest BCUT2D eigenvalue weighted by Gasteiger charge is 2.18. The normalized spacial score (nSPS) is 10.5. The second-order valence-corrected chi connectivity index (χ2v) is 6.81. The number of nitrogens with zero attached hydrogens (tertiary/aromatic N) is 1. The van der Waals surface area contributed by atoms with Crippen LogP contribution < -0.4 is 9.47 Å². The number of rotatable bonds is 8. The summed E-state index contributed by atoms with van der Waals surface area (Å²) < 4.78 is 16.0. The van der Waals surface area contributed by atoms with Crippen molar-refractivity contribution in [2.45, 2.75) is 19.5 Å². The first-order chi connectivity index (χ1) is 12.7. The van der Waals surface area contributed by atoms with E-state index in [1.165, 1.54) is 0 Å². The Morgan fingerprint density at radius 1 is 1.08 bits per heavy atom. The molecule has 1 aromatic carbocycles. The number of furan rings is 1. The maximum absolute atomic E-state index is 12.9. The van der Waals surface area contributed by atoms with Crippen molar-refractivity contribution in [2.24, 2.45) is 0 Å². The number of hydrogen-bond acceptors (Lipinski definition) is 5. The molecule has 3 rings (SSSR count). The minimum Gasteiger partial charge on any atom is -0.493 e. The summed E-state index contributed by atoms with van der Waals surface area (Å²) in [4.78, 5) is 15.9. The Hall–Kier alpha value is -2.73. The maximum atomic E-state index is 12.9. The van der Waals surface area contributed by atoms with Gasteiger partial charge in [-0.1, -0.05) is 12.1 Å². The Morgan fingerprint density at radius 2 is 1.92 bits per heavy atom. The molecule has 0 N–H and O–H groups in total. The largest absolute Gasteiger partial charge is 0.493 e. The molecule has 0 atom stereocenters. The number of benzene rings is 1. The first-order valence-electron chi connectivity index (χ1n) is 8.23. The lowest BCUT2D eigenvalue weighted by Crippen LogP contribution is -2.31. The van der Waals surface area contributed by atoms with Crippen molar-refractivity contribution in [1.82, 2.24) is 4.90 Å². The number of ether oxygens (including phenoxy) is 2. The lowest BCUT2D eigenvalue weighted by atomic mass is 10.1. The molecule has 0 aliphatic carbocycles. The van der Waals surface area contributed by atoms with E-state index in [0.29, 0.717) is 24.6 Å². The molecule has 2 heterocycles. The molecule has 0 fully saturated rings. The summed E-state index contributed by atoms with van der Waals surface area (Å²) in [6, 6.07) is 13.3. The zero-order valence-electron chi connectivity index (χ0n) is 14.8. The number of carbonyl (C=O) groups excluding carboxylic acids is 1. The minimum absolute atomic E-state index is 0.0296. The van der Waals surface area contributed by atoms with Crippen molar-refractivity contribution in [2.75, 3.05) is 14.2 Å². The van der Waals surface area contributed by atoms with Gasteiger partial charge in [-0.15, -0.1) is 11.3 Å². The molecule has 0 aliphatic heterocycles. The van der Waals surface area contributed by atoms with Gasteiger partial charge in [0.25, 0.3) is 0 Å². The van der Waals surface area contributed by atoms with E-state index >= 15 is 0 Å². The van der Waals surface area contributed by atoms with E-state index in [4.69, 9.17) is 13.9 Å². The molecule has 0 unspecified atom stereocenters. The van der Waals surface area contributed by atoms with Gasteiger partial charge in [0.2, 0.25) is 5.91 Å². The average molecular weight is 371 g/mol. The molecule has 0 bridgehead atoms. The van der Waals surface area contributed by atoms with Crippen molar-refractivity contribution in [3.63, 3.8) is 0 Å². The van der Waals surface area contributed by atoms with Crippen LogP contribution in [-0.2, 0) is 24.3 Å². The zero-order valence-corrected chi connectivity index (χ0v) is 15.6. The van der Waals surface area contributed by atoms with Crippen LogP contribution >= 0.6 is 11.3 Å². The molecule has 3 aromatic rings. The fraction of sp³-hybridized carbons (Fsp3) is 0.250. The molecule has 0 saturated heterocycles. The predicted molar refractivity (Wildman–Crippen MR) is 101 cm³/mol. The topological polar surface area (TPSA) is 51.9 Å². The Labute approximate surface area is 156 Å². The fourth-order valence-electron chi connectivity index (χ4n) is 2.69. The van der Waals surface area contributed by atoms with Gasteiger partial charge in [0, 0.05) is 4.88 Å². The minimum atomic E-state index is 0.0296. The SMILES string of the molecule is COc1ccc(CC(=O)N(Cc2ccco2)Cc2cccs2)cc1OC. The molecular formula is C20H21NO4S. The van der Waals surface area contributed by atoms with Crippen molar-refractivity contribution < 1.29 is 18.7 Å². The Kier molecular flexibility index (Phi) is 5.96. The van der Waals surface area contributed by atoms with Crippen LogP contribution in [0.2, 0.25) is 0 Å². The third-order valence-corrected chi connectivity index (χ3v) is 4.87. The highest BCUT2D eigenvalue weighted by molar-refractivity contribution is 7.09. The molecule has 5 nitrogen and oxygen atoms in total. The van der Waals surface area contributed by atoms with Crippen LogP contribution in [0.15, 0.2) is 58.5 Å². The van der Waals surface area contributed by atoms with Crippen molar-refractivity contribution in [1.29, 1.82) is 0 Å². The van der Waals surface area contributed by atoms with Crippen LogP contribution in [0, 0.1) is 0 Å².